The number of imidazole rings is 1. The van der Waals surface area contributed by atoms with E-state index in [9.17, 15) is 18.0 Å². The molecule has 25 heavy (non-hydrogen) atoms. The molecule has 0 saturated heterocycles. The van der Waals surface area contributed by atoms with Crippen LogP contribution in [0.25, 0.3) is 22.6 Å². The molecule has 3 aromatic rings. The Morgan fingerprint density at radius 3 is 2.84 bits per heavy atom. The number of rotatable bonds is 4. The van der Waals surface area contributed by atoms with Crippen LogP contribution >= 0.6 is 0 Å². The number of halogens is 3. The molecule has 7 nitrogen and oxygen atoms in total. The second-order valence-corrected chi connectivity index (χ2v) is 5.73. The average Bonchev–Trinajstić information content (AvgIpc) is 3.14. The van der Waals surface area contributed by atoms with Crippen molar-refractivity contribution in [2.75, 3.05) is 5.32 Å². The first-order valence-corrected chi connectivity index (χ1v) is 7.49. The van der Waals surface area contributed by atoms with Crippen molar-refractivity contribution in [2.24, 2.45) is 5.92 Å². The number of aromatic nitrogens is 4. The summed E-state index contributed by atoms with van der Waals surface area (Å²) < 4.78 is 40.8. The maximum absolute atomic E-state index is 12.3. The summed E-state index contributed by atoms with van der Waals surface area (Å²) in [5.41, 5.74) is 1.73. The van der Waals surface area contributed by atoms with E-state index in [1.807, 2.05) is 0 Å². The second kappa shape index (κ2) is 5.50. The number of benzene rings is 1. The Hall–Kier alpha value is -3.04. The van der Waals surface area contributed by atoms with Gasteiger partial charge in [0.25, 0.3) is 0 Å². The lowest BCUT2D eigenvalue weighted by molar-refractivity contribution is -0.274. The Kier molecular flexibility index (Phi) is 3.41. The molecule has 0 radical (unpaired) electrons. The van der Waals surface area contributed by atoms with E-state index < -0.39 is 6.36 Å². The van der Waals surface area contributed by atoms with E-state index in [-0.39, 0.29) is 17.6 Å². The molecule has 1 fully saturated rings. The zero-order valence-corrected chi connectivity index (χ0v) is 12.6. The summed E-state index contributed by atoms with van der Waals surface area (Å²) in [5, 5.41) is 9.40. The number of hydrogen-bond donors (Lipinski definition) is 3. The van der Waals surface area contributed by atoms with Gasteiger partial charge in [-0.3, -0.25) is 9.89 Å². The Morgan fingerprint density at radius 2 is 2.12 bits per heavy atom. The predicted molar refractivity (Wildman–Crippen MR) is 81.7 cm³/mol. The first-order chi connectivity index (χ1) is 11.9. The van der Waals surface area contributed by atoms with Crippen molar-refractivity contribution in [2.45, 2.75) is 19.2 Å². The fraction of sp³-hybridized carbons (Fsp3) is 0.267. The van der Waals surface area contributed by atoms with Crippen LogP contribution in [0.5, 0.6) is 5.75 Å². The molecule has 3 N–H and O–H groups in total. The van der Waals surface area contributed by atoms with Crippen LogP contribution in [-0.2, 0) is 4.79 Å². The Labute approximate surface area is 138 Å². The third-order valence-electron chi connectivity index (χ3n) is 3.77. The van der Waals surface area contributed by atoms with Crippen LogP contribution in [-0.4, -0.2) is 32.4 Å². The fourth-order valence-corrected chi connectivity index (χ4v) is 2.45. The molecule has 0 bridgehead atoms. The standard InChI is InChI=1S/C15H12F3N5O2/c16-15(17,18)25-8-3-4-9-10(5-8)21-13(20-9)12-11(6-19-23-12)22-14(24)7-1-2-7/h3-7H,1-2H2,(H,19,23)(H,20,21)(H,22,24). The number of nitrogens with one attached hydrogen (secondary N) is 3. The van der Waals surface area contributed by atoms with Gasteiger partial charge in [-0.1, -0.05) is 0 Å². The van der Waals surface area contributed by atoms with Gasteiger partial charge in [0.05, 0.1) is 22.9 Å². The van der Waals surface area contributed by atoms with E-state index in [2.05, 4.69) is 30.2 Å². The van der Waals surface area contributed by atoms with Gasteiger partial charge in [-0.25, -0.2) is 4.98 Å². The van der Waals surface area contributed by atoms with Crippen molar-refractivity contribution in [1.29, 1.82) is 0 Å². The normalized spacial score (nSPS) is 14.7. The zero-order valence-electron chi connectivity index (χ0n) is 12.6. The summed E-state index contributed by atoms with van der Waals surface area (Å²) in [6.07, 6.45) is -1.57. The molecule has 2 heterocycles. The summed E-state index contributed by atoms with van der Waals surface area (Å²) in [6, 6.07) is 3.80. The van der Waals surface area contributed by atoms with Gasteiger partial charge in [0.1, 0.15) is 11.4 Å². The van der Waals surface area contributed by atoms with Gasteiger partial charge in [-0.15, -0.1) is 13.2 Å². The number of hydrogen-bond acceptors (Lipinski definition) is 4. The largest absolute Gasteiger partial charge is 0.573 e. The highest BCUT2D eigenvalue weighted by molar-refractivity contribution is 5.97. The van der Waals surface area contributed by atoms with E-state index in [1.165, 1.54) is 24.4 Å². The van der Waals surface area contributed by atoms with Crippen LogP contribution in [0.1, 0.15) is 12.8 Å². The van der Waals surface area contributed by atoms with E-state index in [0.29, 0.717) is 28.2 Å². The maximum atomic E-state index is 12.3. The number of amides is 1. The van der Waals surface area contributed by atoms with Gasteiger partial charge in [0.15, 0.2) is 5.82 Å². The maximum Gasteiger partial charge on any atom is 0.573 e. The number of ether oxygens (including phenoxy) is 1. The number of H-pyrrole nitrogens is 2. The summed E-state index contributed by atoms with van der Waals surface area (Å²) in [7, 11) is 0. The molecule has 130 valence electrons. The third-order valence-corrected chi connectivity index (χ3v) is 3.77. The molecular weight excluding hydrogens is 339 g/mol. The van der Waals surface area contributed by atoms with Gasteiger partial charge >= 0.3 is 6.36 Å². The van der Waals surface area contributed by atoms with Gasteiger partial charge in [0, 0.05) is 12.0 Å². The molecule has 1 aliphatic carbocycles. The highest BCUT2D eigenvalue weighted by Gasteiger charge is 2.32. The lowest BCUT2D eigenvalue weighted by Gasteiger charge is -2.07. The highest BCUT2D eigenvalue weighted by Crippen LogP contribution is 2.32. The van der Waals surface area contributed by atoms with Crippen molar-refractivity contribution >= 4 is 22.6 Å². The lowest BCUT2D eigenvalue weighted by atomic mass is 10.3. The SMILES string of the molecule is O=C(Nc1cn[nH]c1-c1nc2ccc(OC(F)(F)F)cc2[nH]1)C1CC1. The minimum atomic E-state index is -4.76. The van der Waals surface area contributed by atoms with Gasteiger partial charge in [-0.2, -0.15) is 5.10 Å². The quantitative estimate of drug-likeness (QED) is 0.673. The molecule has 2 aromatic heterocycles. The molecule has 1 amide bonds. The number of carbonyl (C=O) groups is 1. The molecule has 1 aromatic carbocycles. The molecule has 10 heteroatoms. The molecular formula is C15H12F3N5O2. The molecule has 1 saturated carbocycles. The second-order valence-electron chi connectivity index (χ2n) is 5.73. The Bertz CT molecular complexity index is 942. The Morgan fingerprint density at radius 1 is 1.32 bits per heavy atom. The first-order valence-electron chi connectivity index (χ1n) is 7.49. The number of nitrogens with zero attached hydrogens (tertiary/aromatic N) is 2. The smallest absolute Gasteiger partial charge is 0.406 e. The van der Waals surface area contributed by atoms with Crippen LogP contribution in [0, 0.1) is 5.92 Å². The average molecular weight is 351 g/mol. The van der Waals surface area contributed by atoms with Crippen molar-refractivity contribution in [3.63, 3.8) is 0 Å². The number of alkyl halides is 3. The number of anilines is 1. The molecule has 0 spiro atoms. The number of fused-ring (bicyclic) bond motifs is 1. The van der Waals surface area contributed by atoms with Gasteiger partial charge in [-0.05, 0) is 25.0 Å². The van der Waals surface area contributed by atoms with Crippen molar-refractivity contribution in [3.8, 4) is 17.3 Å². The van der Waals surface area contributed by atoms with Crippen molar-refractivity contribution in [1.82, 2.24) is 20.2 Å². The molecule has 0 unspecified atom stereocenters. The van der Waals surface area contributed by atoms with Crippen molar-refractivity contribution in [3.05, 3.63) is 24.4 Å². The van der Waals surface area contributed by atoms with E-state index in [1.54, 1.807) is 0 Å². The Balaban J connectivity index is 1.63. The molecule has 0 aliphatic heterocycles. The minimum absolute atomic E-state index is 0.0282. The third kappa shape index (κ3) is 3.28. The van der Waals surface area contributed by atoms with Crippen LogP contribution in [0.4, 0.5) is 18.9 Å². The summed E-state index contributed by atoms with van der Waals surface area (Å²) in [4.78, 5) is 19.1. The molecule has 0 atom stereocenters. The van der Waals surface area contributed by atoms with E-state index in [0.717, 1.165) is 12.8 Å². The van der Waals surface area contributed by atoms with E-state index >= 15 is 0 Å². The van der Waals surface area contributed by atoms with Crippen LogP contribution in [0.15, 0.2) is 24.4 Å². The number of carbonyl (C=O) groups excluding carboxylic acids is 1. The monoisotopic (exact) mass is 351 g/mol. The fourth-order valence-electron chi connectivity index (χ4n) is 2.45. The van der Waals surface area contributed by atoms with Crippen molar-refractivity contribution < 1.29 is 22.7 Å². The van der Waals surface area contributed by atoms with Crippen LogP contribution in [0.2, 0.25) is 0 Å². The van der Waals surface area contributed by atoms with Gasteiger partial charge < -0.3 is 15.0 Å². The highest BCUT2D eigenvalue weighted by atomic mass is 19.4. The topological polar surface area (TPSA) is 95.7 Å². The minimum Gasteiger partial charge on any atom is -0.406 e. The number of aromatic amines is 2. The predicted octanol–water partition coefficient (Wildman–Crippen LogP) is 3.20. The van der Waals surface area contributed by atoms with Crippen LogP contribution in [0.3, 0.4) is 0 Å². The van der Waals surface area contributed by atoms with E-state index in [4.69, 9.17) is 0 Å². The summed E-state index contributed by atoms with van der Waals surface area (Å²) in [6.45, 7) is 0. The summed E-state index contributed by atoms with van der Waals surface area (Å²) >= 11 is 0. The van der Waals surface area contributed by atoms with Gasteiger partial charge in [0.2, 0.25) is 5.91 Å². The first kappa shape index (κ1) is 15.5. The summed E-state index contributed by atoms with van der Waals surface area (Å²) in [5.74, 6) is -0.0510. The zero-order chi connectivity index (χ0) is 17.6. The molecule has 4 rings (SSSR count). The lowest BCUT2D eigenvalue weighted by Crippen LogP contribution is -2.16. The van der Waals surface area contributed by atoms with Crippen LogP contribution < -0.4 is 10.1 Å². The molecule has 1 aliphatic rings.